The van der Waals surface area contributed by atoms with Crippen LogP contribution in [0.4, 0.5) is 0 Å². The van der Waals surface area contributed by atoms with Gasteiger partial charge in [-0.05, 0) is 39.2 Å². The number of aromatic nitrogens is 2. The summed E-state index contributed by atoms with van der Waals surface area (Å²) < 4.78 is 1.66. The van der Waals surface area contributed by atoms with Gasteiger partial charge in [0.25, 0.3) is 0 Å². The summed E-state index contributed by atoms with van der Waals surface area (Å²) in [7, 11) is 0. The number of hydrogen-bond donors (Lipinski definition) is 1. The topological polar surface area (TPSA) is 38.0 Å². The molecule has 96 valence electrons. The van der Waals surface area contributed by atoms with E-state index in [1.54, 1.807) is 16.4 Å². The van der Waals surface area contributed by atoms with E-state index in [-0.39, 0.29) is 11.9 Å². The molecule has 0 saturated heterocycles. The van der Waals surface area contributed by atoms with Gasteiger partial charge in [0.2, 0.25) is 5.88 Å². The summed E-state index contributed by atoms with van der Waals surface area (Å²) in [5.74, 6) is 0.258. The number of benzene rings is 1. The van der Waals surface area contributed by atoms with Crippen LogP contribution < -0.4 is 0 Å². The second kappa shape index (κ2) is 5.06. The number of rotatable bonds is 3. The maximum atomic E-state index is 10.0. The normalized spacial score (nSPS) is 11.2. The number of nitrogens with zero attached hydrogens (tertiary/aromatic N) is 2. The highest BCUT2D eigenvalue weighted by atomic mass is 32.2. The molecule has 18 heavy (non-hydrogen) atoms. The Hall–Kier alpha value is -1.42. The zero-order chi connectivity index (χ0) is 13.3. The zero-order valence-electron chi connectivity index (χ0n) is 11.1. The maximum absolute atomic E-state index is 10.0. The lowest BCUT2D eigenvalue weighted by atomic mass is 10.1. The van der Waals surface area contributed by atoms with Gasteiger partial charge in [-0.15, -0.1) is 11.8 Å². The van der Waals surface area contributed by atoms with Gasteiger partial charge in [0.15, 0.2) is 0 Å². The fourth-order valence-corrected chi connectivity index (χ4v) is 2.30. The fourth-order valence-electron chi connectivity index (χ4n) is 1.89. The second-order valence-corrected chi connectivity index (χ2v) is 5.44. The van der Waals surface area contributed by atoms with E-state index in [1.165, 1.54) is 4.90 Å². The van der Waals surface area contributed by atoms with Crippen molar-refractivity contribution in [2.24, 2.45) is 0 Å². The second-order valence-electron chi connectivity index (χ2n) is 4.56. The van der Waals surface area contributed by atoms with Crippen LogP contribution in [-0.2, 0) is 0 Å². The predicted octanol–water partition coefficient (Wildman–Crippen LogP) is 3.87. The first-order chi connectivity index (χ1) is 8.54. The molecule has 0 atom stereocenters. The van der Waals surface area contributed by atoms with Gasteiger partial charge in [-0.25, -0.2) is 4.68 Å². The summed E-state index contributed by atoms with van der Waals surface area (Å²) >= 11 is 1.72. The first kappa shape index (κ1) is 13.0. The molecule has 0 radical (unpaired) electrons. The van der Waals surface area contributed by atoms with Crippen molar-refractivity contribution in [3.8, 4) is 17.1 Å². The van der Waals surface area contributed by atoms with E-state index >= 15 is 0 Å². The van der Waals surface area contributed by atoms with Gasteiger partial charge in [0.05, 0.1) is 11.7 Å². The third-order valence-corrected chi connectivity index (χ3v) is 3.71. The van der Waals surface area contributed by atoms with Crippen LogP contribution in [0.3, 0.4) is 0 Å². The number of hydrogen-bond acceptors (Lipinski definition) is 3. The molecule has 1 aromatic heterocycles. The van der Waals surface area contributed by atoms with Gasteiger partial charge in [-0.2, -0.15) is 5.10 Å². The molecule has 0 aliphatic carbocycles. The van der Waals surface area contributed by atoms with Crippen molar-refractivity contribution in [1.29, 1.82) is 0 Å². The SMILES string of the molecule is CSc1ccc(-c2nn(C(C)C)c(O)c2C)cc1. The minimum absolute atomic E-state index is 0.155. The van der Waals surface area contributed by atoms with Crippen molar-refractivity contribution < 1.29 is 5.11 Å². The molecular formula is C14H18N2OS. The largest absolute Gasteiger partial charge is 0.493 e. The predicted molar refractivity (Wildman–Crippen MR) is 76.2 cm³/mol. The Labute approximate surface area is 112 Å². The van der Waals surface area contributed by atoms with Crippen LogP contribution in [-0.4, -0.2) is 21.1 Å². The molecule has 0 bridgehead atoms. The third kappa shape index (κ3) is 2.25. The molecule has 4 heteroatoms. The minimum atomic E-state index is 0.155. The Balaban J connectivity index is 2.47. The van der Waals surface area contributed by atoms with Crippen LogP contribution in [0.15, 0.2) is 29.2 Å². The van der Waals surface area contributed by atoms with Crippen LogP contribution in [0.25, 0.3) is 11.3 Å². The molecular weight excluding hydrogens is 244 g/mol. The molecule has 0 aliphatic rings. The molecule has 0 fully saturated rings. The average Bonchev–Trinajstić information content (AvgIpc) is 2.67. The molecule has 1 aromatic carbocycles. The zero-order valence-corrected chi connectivity index (χ0v) is 12.0. The van der Waals surface area contributed by atoms with E-state index in [0.717, 1.165) is 16.8 Å². The molecule has 1 heterocycles. The van der Waals surface area contributed by atoms with Crippen LogP contribution in [0.1, 0.15) is 25.5 Å². The fraction of sp³-hybridized carbons (Fsp3) is 0.357. The van der Waals surface area contributed by atoms with Crippen LogP contribution >= 0.6 is 11.8 Å². The first-order valence-electron chi connectivity index (χ1n) is 5.97. The highest BCUT2D eigenvalue weighted by Gasteiger charge is 2.16. The van der Waals surface area contributed by atoms with Crippen LogP contribution in [0.2, 0.25) is 0 Å². The van der Waals surface area contributed by atoms with Crippen molar-refractivity contribution in [2.75, 3.05) is 6.26 Å². The maximum Gasteiger partial charge on any atom is 0.213 e. The van der Waals surface area contributed by atoms with Crippen molar-refractivity contribution >= 4 is 11.8 Å². The van der Waals surface area contributed by atoms with Gasteiger partial charge in [-0.3, -0.25) is 0 Å². The van der Waals surface area contributed by atoms with Crippen molar-refractivity contribution in [3.05, 3.63) is 29.8 Å². The van der Waals surface area contributed by atoms with Crippen molar-refractivity contribution in [1.82, 2.24) is 9.78 Å². The Morgan fingerprint density at radius 3 is 2.28 bits per heavy atom. The lowest BCUT2D eigenvalue weighted by Crippen LogP contribution is -2.01. The lowest BCUT2D eigenvalue weighted by Gasteiger charge is -2.05. The molecule has 2 rings (SSSR count). The summed E-state index contributed by atoms with van der Waals surface area (Å²) in [6, 6.07) is 8.40. The van der Waals surface area contributed by atoms with Crippen molar-refractivity contribution in [2.45, 2.75) is 31.7 Å². The number of thioether (sulfide) groups is 1. The van der Waals surface area contributed by atoms with E-state index in [2.05, 4.69) is 23.5 Å². The van der Waals surface area contributed by atoms with Gasteiger partial charge in [-0.1, -0.05) is 12.1 Å². The van der Waals surface area contributed by atoms with Crippen LogP contribution in [0.5, 0.6) is 5.88 Å². The highest BCUT2D eigenvalue weighted by molar-refractivity contribution is 7.98. The molecule has 2 aromatic rings. The third-order valence-electron chi connectivity index (χ3n) is 2.97. The first-order valence-corrected chi connectivity index (χ1v) is 7.19. The highest BCUT2D eigenvalue weighted by Crippen LogP contribution is 2.31. The molecule has 0 amide bonds. The van der Waals surface area contributed by atoms with E-state index in [0.29, 0.717) is 0 Å². The Bertz CT molecular complexity index is 544. The quantitative estimate of drug-likeness (QED) is 0.853. The van der Waals surface area contributed by atoms with Crippen molar-refractivity contribution in [3.63, 3.8) is 0 Å². The summed E-state index contributed by atoms with van der Waals surface area (Å²) in [5, 5.41) is 14.5. The molecule has 0 aliphatic heterocycles. The molecule has 0 saturated carbocycles. The summed E-state index contributed by atoms with van der Waals surface area (Å²) in [6.07, 6.45) is 2.06. The van der Waals surface area contributed by atoms with Gasteiger partial charge in [0.1, 0.15) is 0 Å². The average molecular weight is 262 g/mol. The monoisotopic (exact) mass is 262 g/mol. The number of aromatic hydroxyl groups is 1. The Morgan fingerprint density at radius 2 is 1.83 bits per heavy atom. The van der Waals surface area contributed by atoms with Gasteiger partial charge >= 0.3 is 0 Å². The van der Waals surface area contributed by atoms with Gasteiger partial charge < -0.3 is 5.11 Å². The summed E-state index contributed by atoms with van der Waals surface area (Å²) in [5.41, 5.74) is 2.73. The molecule has 0 unspecified atom stereocenters. The molecule has 0 spiro atoms. The van der Waals surface area contributed by atoms with Crippen LogP contribution in [0, 0.1) is 6.92 Å². The molecule has 1 N–H and O–H groups in total. The summed E-state index contributed by atoms with van der Waals surface area (Å²) in [6.45, 7) is 5.92. The lowest BCUT2D eigenvalue weighted by molar-refractivity contribution is 0.375. The van der Waals surface area contributed by atoms with E-state index in [1.807, 2.05) is 32.9 Å². The standard InChI is InChI=1S/C14H18N2OS/c1-9(2)16-14(17)10(3)13(15-16)11-5-7-12(18-4)8-6-11/h5-9,17H,1-4H3. The Morgan fingerprint density at radius 1 is 1.22 bits per heavy atom. The molecule has 3 nitrogen and oxygen atoms in total. The van der Waals surface area contributed by atoms with E-state index in [4.69, 9.17) is 0 Å². The Kier molecular flexibility index (Phi) is 3.66. The minimum Gasteiger partial charge on any atom is -0.493 e. The van der Waals surface area contributed by atoms with E-state index < -0.39 is 0 Å². The smallest absolute Gasteiger partial charge is 0.213 e. The van der Waals surface area contributed by atoms with Gasteiger partial charge in [0, 0.05) is 16.0 Å². The summed E-state index contributed by atoms with van der Waals surface area (Å²) in [4.78, 5) is 1.23. The van der Waals surface area contributed by atoms with E-state index in [9.17, 15) is 5.11 Å².